The Kier molecular flexibility index (Phi) is 25.4. The SMILES string of the molecule is CCCCCCC(c1ccc(N)cc1)c1ccc(Cc2ccccc2)cc1.CCCCCCCCC(c1ccc(N)cc1)c1ccc(Cc2ccc(Cc3ccc(C(CCCCCCCC)c4ccc(N)cc4)cc3)cc2)cc1. The Morgan fingerprint density at radius 1 is 0.228 bits per heavy atom. The van der Waals surface area contributed by atoms with Gasteiger partial charge in [0.15, 0.2) is 0 Å². The number of nitrogens with two attached hydrogens (primary N) is 3. The first-order valence-electron chi connectivity index (χ1n) is 30.7. The highest BCUT2D eigenvalue weighted by Gasteiger charge is 2.17. The topological polar surface area (TPSA) is 78.1 Å². The summed E-state index contributed by atoms with van der Waals surface area (Å²) >= 11 is 0. The number of nitrogen functional groups attached to an aromatic ring is 3. The van der Waals surface area contributed by atoms with Gasteiger partial charge in [0.25, 0.3) is 0 Å². The lowest BCUT2D eigenvalue weighted by Gasteiger charge is -2.19. The first-order chi connectivity index (χ1) is 38.8. The Morgan fingerprint density at radius 2 is 0.430 bits per heavy atom. The zero-order valence-corrected chi connectivity index (χ0v) is 48.6. The Hall–Kier alpha value is -6.84. The van der Waals surface area contributed by atoms with E-state index in [2.05, 4.69) is 185 Å². The van der Waals surface area contributed by atoms with Gasteiger partial charge in [0, 0.05) is 34.8 Å². The molecule has 0 amide bonds. The minimum absolute atomic E-state index is 0.415. The summed E-state index contributed by atoms with van der Waals surface area (Å²) in [6.45, 7) is 6.84. The van der Waals surface area contributed by atoms with Gasteiger partial charge in [-0.25, -0.2) is 0 Å². The summed E-state index contributed by atoms with van der Waals surface area (Å²) in [6, 6.07) is 73.4. The minimum atomic E-state index is 0.415. The van der Waals surface area contributed by atoms with Crippen LogP contribution in [0.25, 0.3) is 0 Å². The number of unbranched alkanes of at least 4 members (excludes halogenated alkanes) is 13. The summed E-state index contributed by atoms with van der Waals surface area (Å²) in [5.74, 6) is 1.28. The van der Waals surface area contributed by atoms with Crippen LogP contribution in [-0.2, 0) is 19.3 Å². The molecule has 8 aromatic rings. The maximum Gasteiger partial charge on any atom is 0.0314 e. The molecule has 0 aliphatic carbocycles. The summed E-state index contributed by atoms with van der Waals surface area (Å²) < 4.78 is 0. The molecule has 414 valence electrons. The van der Waals surface area contributed by atoms with Crippen LogP contribution in [0.5, 0.6) is 0 Å². The minimum Gasteiger partial charge on any atom is -0.399 e. The van der Waals surface area contributed by atoms with E-state index in [1.807, 2.05) is 36.4 Å². The third-order valence-corrected chi connectivity index (χ3v) is 16.3. The van der Waals surface area contributed by atoms with Crippen LogP contribution in [0.3, 0.4) is 0 Å². The van der Waals surface area contributed by atoms with Crippen molar-refractivity contribution in [2.75, 3.05) is 17.2 Å². The van der Waals surface area contributed by atoms with Crippen molar-refractivity contribution in [2.45, 2.75) is 180 Å². The van der Waals surface area contributed by atoms with E-state index in [1.54, 1.807) is 0 Å². The largest absolute Gasteiger partial charge is 0.399 e. The molecule has 3 heteroatoms. The fourth-order valence-electron chi connectivity index (χ4n) is 11.5. The zero-order chi connectivity index (χ0) is 55.3. The predicted octanol–water partition coefficient (Wildman–Crippen LogP) is 20.8. The normalized spacial score (nSPS) is 12.3. The molecule has 0 aliphatic heterocycles. The van der Waals surface area contributed by atoms with Crippen LogP contribution in [0.1, 0.15) is 227 Å². The molecule has 0 aromatic heterocycles. The zero-order valence-electron chi connectivity index (χ0n) is 48.6. The number of hydrogen-bond acceptors (Lipinski definition) is 3. The van der Waals surface area contributed by atoms with E-state index in [0.29, 0.717) is 17.8 Å². The first kappa shape index (κ1) is 59.8. The first-order valence-corrected chi connectivity index (χ1v) is 30.7. The lowest BCUT2D eigenvalue weighted by molar-refractivity contribution is 0.568. The van der Waals surface area contributed by atoms with Gasteiger partial charge in [-0.05, 0) is 142 Å². The van der Waals surface area contributed by atoms with Gasteiger partial charge in [0.1, 0.15) is 0 Å². The highest BCUT2D eigenvalue weighted by atomic mass is 14.5. The maximum atomic E-state index is 6.04. The fourth-order valence-corrected chi connectivity index (χ4v) is 11.5. The molecule has 6 N–H and O–H groups in total. The lowest BCUT2D eigenvalue weighted by atomic mass is 9.86. The van der Waals surface area contributed by atoms with Crippen LogP contribution in [0.2, 0.25) is 0 Å². The molecule has 0 fully saturated rings. The van der Waals surface area contributed by atoms with Gasteiger partial charge in [0.05, 0.1) is 0 Å². The summed E-state index contributed by atoms with van der Waals surface area (Å²) in [7, 11) is 0. The van der Waals surface area contributed by atoms with E-state index in [9.17, 15) is 0 Å². The van der Waals surface area contributed by atoms with Gasteiger partial charge >= 0.3 is 0 Å². The highest BCUT2D eigenvalue weighted by molar-refractivity contribution is 5.46. The molecule has 0 saturated heterocycles. The maximum absolute atomic E-state index is 6.04. The van der Waals surface area contributed by atoms with Crippen LogP contribution in [-0.4, -0.2) is 0 Å². The molecular formula is C76H95N3. The summed E-state index contributed by atoms with van der Waals surface area (Å²) in [5.41, 5.74) is 37.0. The third-order valence-electron chi connectivity index (χ3n) is 16.3. The molecule has 0 aliphatic rings. The predicted molar refractivity (Wildman–Crippen MR) is 343 cm³/mol. The van der Waals surface area contributed by atoms with Crippen molar-refractivity contribution in [1.82, 2.24) is 0 Å². The van der Waals surface area contributed by atoms with Gasteiger partial charge in [-0.15, -0.1) is 0 Å². The molecule has 0 radical (unpaired) electrons. The molecule has 79 heavy (non-hydrogen) atoms. The van der Waals surface area contributed by atoms with Crippen LogP contribution in [0, 0.1) is 0 Å². The van der Waals surface area contributed by atoms with E-state index in [4.69, 9.17) is 17.2 Å². The second kappa shape index (κ2) is 33.6. The van der Waals surface area contributed by atoms with E-state index in [0.717, 1.165) is 36.3 Å². The quantitative estimate of drug-likeness (QED) is 0.0299. The van der Waals surface area contributed by atoms with Gasteiger partial charge in [-0.2, -0.15) is 0 Å². The van der Waals surface area contributed by atoms with E-state index in [1.165, 1.54) is 189 Å². The van der Waals surface area contributed by atoms with Gasteiger partial charge in [0.2, 0.25) is 0 Å². The average Bonchev–Trinajstić information content (AvgIpc) is 3.48. The molecule has 0 bridgehead atoms. The summed E-state index contributed by atoms with van der Waals surface area (Å²) in [6.07, 6.45) is 27.5. The van der Waals surface area contributed by atoms with Crippen molar-refractivity contribution >= 4 is 17.1 Å². The van der Waals surface area contributed by atoms with Gasteiger partial charge < -0.3 is 17.2 Å². The summed E-state index contributed by atoms with van der Waals surface area (Å²) in [4.78, 5) is 0. The van der Waals surface area contributed by atoms with Gasteiger partial charge in [-0.3, -0.25) is 0 Å². The number of rotatable bonds is 31. The van der Waals surface area contributed by atoms with Crippen molar-refractivity contribution in [2.24, 2.45) is 0 Å². The second-order valence-corrected chi connectivity index (χ2v) is 22.7. The van der Waals surface area contributed by atoms with Crippen molar-refractivity contribution in [3.05, 3.63) is 267 Å². The van der Waals surface area contributed by atoms with Crippen LogP contribution >= 0.6 is 0 Å². The number of benzene rings is 8. The van der Waals surface area contributed by atoms with E-state index in [-0.39, 0.29) is 0 Å². The van der Waals surface area contributed by atoms with E-state index < -0.39 is 0 Å². The average molecular weight is 1050 g/mol. The van der Waals surface area contributed by atoms with Gasteiger partial charge in [-0.1, -0.05) is 287 Å². The molecule has 3 nitrogen and oxygen atoms in total. The molecular weight excluding hydrogens is 955 g/mol. The summed E-state index contributed by atoms with van der Waals surface area (Å²) in [5, 5.41) is 0. The Labute approximate surface area is 478 Å². The van der Waals surface area contributed by atoms with Crippen molar-refractivity contribution < 1.29 is 0 Å². The molecule has 8 aromatic carbocycles. The smallest absolute Gasteiger partial charge is 0.0314 e. The van der Waals surface area contributed by atoms with Crippen LogP contribution in [0.15, 0.2) is 200 Å². The fraction of sp³-hybridized carbons (Fsp3) is 0.368. The molecule has 0 heterocycles. The monoisotopic (exact) mass is 1050 g/mol. The molecule has 0 spiro atoms. The molecule has 3 atom stereocenters. The Bertz CT molecular complexity index is 2720. The van der Waals surface area contributed by atoms with Crippen molar-refractivity contribution in [1.29, 1.82) is 0 Å². The molecule has 0 saturated carbocycles. The Morgan fingerprint density at radius 3 is 0.696 bits per heavy atom. The molecule has 8 rings (SSSR count). The van der Waals surface area contributed by atoms with Crippen LogP contribution < -0.4 is 17.2 Å². The Balaban J connectivity index is 0.000000280. The van der Waals surface area contributed by atoms with Crippen molar-refractivity contribution in [3.8, 4) is 0 Å². The second-order valence-electron chi connectivity index (χ2n) is 22.7. The lowest BCUT2D eigenvalue weighted by Crippen LogP contribution is -2.03. The van der Waals surface area contributed by atoms with Crippen LogP contribution in [0.4, 0.5) is 17.1 Å². The number of anilines is 3. The standard InChI is InChI=1S/C50H64N2.C26H31N/c1-3-5-7-9-11-13-15-49(45-29-33-47(51)34-30-45)43-25-21-41(22-26-43)37-39-17-19-40(20-18-39)38-42-23-27-44(28-24-42)50(16-14-12-10-8-6-4-2)46-31-35-48(52)36-32-46;1-2-3-4-8-11-26(24-16-18-25(27)19-17-24)23-14-12-22(13-15-23)20-21-9-6-5-7-10-21/h17-36,49-50H,3-16,37-38,51-52H2,1-2H3;5-7,9-10,12-19,26H,2-4,8,11,20,27H2,1H3. The highest BCUT2D eigenvalue weighted by Crippen LogP contribution is 2.35. The molecule has 3 unspecified atom stereocenters. The number of hydrogen-bond donors (Lipinski definition) is 3. The van der Waals surface area contributed by atoms with E-state index >= 15 is 0 Å². The van der Waals surface area contributed by atoms with Crippen molar-refractivity contribution in [3.63, 3.8) is 0 Å². The third kappa shape index (κ3) is 20.4.